The van der Waals surface area contributed by atoms with Crippen LogP contribution in [0.4, 0.5) is 17.1 Å². The molecule has 0 fully saturated rings. The van der Waals surface area contributed by atoms with Crippen LogP contribution in [0.3, 0.4) is 0 Å². The molecule has 0 unspecified atom stereocenters. The van der Waals surface area contributed by atoms with Gasteiger partial charge in [0.25, 0.3) is 0 Å². The fraction of sp³-hybridized carbons (Fsp3) is 0.150. The van der Waals surface area contributed by atoms with Crippen LogP contribution < -0.4 is 4.90 Å². The number of nitrogens with zero attached hydrogens (tertiary/aromatic N) is 1. The van der Waals surface area contributed by atoms with Crippen LogP contribution >= 0.6 is 0 Å². The molecule has 1 nitrogen and oxygen atoms in total. The van der Waals surface area contributed by atoms with Crippen molar-refractivity contribution >= 4 is 27.8 Å². The summed E-state index contributed by atoms with van der Waals surface area (Å²) in [4.78, 5) is 2.53. The van der Waals surface area contributed by atoms with Crippen LogP contribution in [0.15, 0.2) is 127 Å². The van der Waals surface area contributed by atoms with Crippen molar-refractivity contribution in [3.8, 4) is 22.3 Å². The van der Waals surface area contributed by atoms with Crippen molar-refractivity contribution < 1.29 is 0 Å². The minimum atomic E-state index is -0.127. The summed E-state index contributed by atoms with van der Waals surface area (Å²) in [6, 6.07) is 47.2. The molecule has 0 amide bonds. The van der Waals surface area contributed by atoms with E-state index in [0.29, 0.717) is 0 Å². The topological polar surface area (TPSA) is 3.24 Å². The van der Waals surface area contributed by atoms with Crippen molar-refractivity contribution in [3.63, 3.8) is 0 Å². The number of benzene rings is 6. The Kier molecular flexibility index (Phi) is 4.98. The maximum Gasteiger partial charge on any atom is 0.0543 e. The summed E-state index contributed by atoms with van der Waals surface area (Å²) in [7, 11) is 0. The first-order valence-electron chi connectivity index (χ1n) is 14.6. The van der Waals surface area contributed by atoms with Gasteiger partial charge in [-0.15, -0.1) is 0 Å². The van der Waals surface area contributed by atoms with Crippen LogP contribution in [-0.2, 0) is 10.8 Å². The molecular weight excluding hydrogens is 494 g/mol. The molecule has 0 aromatic heterocycles. The molecular formula is C40H33N. The van der Waals surface area contributed by atoms with Crippen LogP contribution in [0, 0.1) is 0 Å². The quantitative estimate of drug-likeness (QED) is 0.216. The fourth-order valence-corrected chi connectivity index (χ4v) is 7.38. The molecule has 198 valence electrons. The van der Waals surface area contributed by atoms with Gasteiger partial charge in [0.05, 0.1) is 17.1 Å². The molecule has 8 rings (SSSR count). The summed E-state index contributed by atoms with van der Waals surface area (Å²) in [6.07, 6.45) is 0. The van der Waals surface area contributed by atoms with E-state index in [1.807, 2.05) is 0 Å². The Morgan fingerprint density at radius 2 is 1.00 bits per heavy atom. The van der Waals surface area contributed by atoms with Gasteiger partial charge in [-0.1, -0.05) is 137 Å². The van der Waals surface area contributed by atoms with Gasteiger partial charge in [0, 0.05) is 10.8 Å². The highest BCUT2D eigenvalue weighted by Gasteiger charge is 2.45. The Morgan fingerprint density at radius 1 is 0.439 bits per heavy atom. The summed E-state index contributed by atoms with van der Waals surface area (Å²) in [5.74, 6) is 0. The van der Waals surface area contributed by atoms with E-state index >= 15 is 0 Å². The van der Waals surface area contributed by atoms with E-state index < -0.39 is 0 Å². The molecule has 6 aromatic carbocycles. The molecule has 6 aromatic rings. The molecule has 0 spiro atoms. The lowest BCUT2D eigenvalue weighted by Gasteiger charge is -2.49. The molecule has 0 atom stereocenters. The monoisotopic (exact) mass is 527 g/mol. The van der Waals surface area contributed by atoms with Gasteiger partial charge in [-0.25, -0.2) is 0 Å². The molecule has 2 aliphatic heterocycles. The van der Waals surface area contributed by atoms with Crippen molar-refractivity contribution in [1.82, 2.24) is 0 Å². The van der Waals surface area contributed by atoms with Gasteiger partial charge in [0.1, 0.15) is 0 Å². The number of hydrogen-bond donors (Lipinski definition) is 0. The SMILES string of the molecule is CC1(C)c2ccccc2N2c3ccc(-c4ccc(-c5cccc6ccccc56)cc4)cc3C(C)(C)c3cccc1c32. The third-order valence-electron chi connectivity index (χ3n) is 9.65. The first-order valence-corrected chi connectivity index (χ1v) is 14.6. The van der Waals surface area contributed by atoms with Crippen molar-refractivity contribution in [1.29, 1.82) is 0 Å². The highest BCUT2D eigenvalue weighted by molar-refractivity contribution is 5.97. The molecule has 0 bridgehead atoms. The lowest BCUT2D eigenvalue weighted by Crippen LogP contribution is -2.38. The molecule has 0 N–H and O–H groups in total. The van der Waals surface area contributed by atoms with Crippen LogP contribution in [0.25, 0.3) is 33.0 Å². The smallest absolute Gasteiger partial charge is 0.0543 e. The van der Waals surface area contributed by atoms with Gasteiger partial charge >= 0.3 is 0 Å². The van der Waals surface area contributed by atoms with E-state index in [-0.39, 0.29) is 10.8 Å². The predicted octanol–water partition coefficient (Wildman–Crippen LogP) is 10.9. The average molecular weight is 528 g/mol. The van der Waals surface area contributed by atoms with E-state index in [1.54, 1.807) is 0 Å². The van der Waals surface area contributed by atoms with Gasteiger partial charge < -0.3 is 4.90 Å². The van der Waals surface area contributed by atoms with Gasteiger partial charge in [-0.3, -0.25) is 0 Å². The summed E-state index contributed by atoms with van der Waals surface area (Å²) in [6.45, 7) is 9.51. The lowest BCUT2D eigenvalue weighted by atomic mass is 9.66. The van der Waals surface area contributed by atoms with E-state index in [0.717, 1.165) is 0 Å². The van der Waals surface area contributed by atoms with E-state index in [2.05, 4.69) is 160 Å². The summed E-state index contributed by atoms with van der Waals surface area (Å²) in [5.41, 5.74) is 14.3. The highest BCUT2D eigenvalue weighted by atomic mass is 15.2. The molecule has 2 aliphatic rings. The van der Waals surface area contributed by atoms with Gasteiger partial charge in [0.15, 0.2) is 0 Å². The molecule has 1 heteroatoms. The Morgan fingerprint density at radius 3 is 1.80 bits per heavy atom. The highest BCUT2D eigenvalue weighted by Crippen LogP contribution is 2.60. The van der Waals surface area contributed by atoms with Gasteiger partial charge in [-0.2, -0.15) is 0 Å². The molecule has 0 saturated heterocycles. The Hall–Kier alpha value is -4.62. The van der Waals surface area contributed by atoms with Crippen LogP contribution in [0.5, 0.6) is 0 Å². The largest absolute Gasteiger partial charge is 0.309 e. The molecule has 0 saturated carbocycles. The normalized spacial score (nSPS) is 15.7. The number of hydrogen-bond acceptors (Lipinski definition) is 1. The van der Waals surface area contributed by atoms with Crippen molar-refractivity contribution in [2.24, 2.45) is 0 Å². The number of para-hydroxylation sites is 2. The number of fused-ring (bicyclic) bond motifs is 5. The Bertz CT molecular complexity index is 1990. The first-order chi connectivity index (χ1) is 19.9. The van der Waals surface area contributed by atoms with Crippen molar-refractivity contribution in [2.45, 2.75) is 38.5 Å². The first kappa shape index (κ1) is 24.2. The third-order valence-corrected chi connectivity index (χ3v) is 9.65. The third kappa shape index (κ3) is 3.36. The minimum absolute atomic E-state index is 0.0578. The van der Waals surface area contributed by atoms with Crippen LogP contribution in [0.2, 0.25) is 0 Å². The zero-order valence-corrected chi connectivity index (χ0v) is 24.1. The standard InChI is InChI=1S/C40H33N/c1-39(2)32-15-7-8-18-36(32)41-37-24-23-29(25-35(37)40(3,4)34-17-10-16-33(39)38(34)41)26-19-21-28(22-20-26)31-14-9-12-27-11-5-6-13-30(27)31/h5-25H,1-4H3. The zero-order chi connectivity index (χ0) is 27.9. The predicted molar refractivity (Wildman–Crippen MR) is 174 cm³/mol. The van der Waals surface area contributed by atoms with E-state index in [1.165, 1.54) is 72.3 Å². The average Bonchev–Trinajstić information content (AvgIpc) is 3.00. The second-order valence-corrected chi connectivity index (χ2v) is 12.6. The molecule has 2 heterocycles. The number of anilines is 3. The van der Waals surface area contributed by atoms with Gasteiger partial charge in [-0.05, 0) is 73.5 Å². The zero-order valence-electron chi connectivity index (χ0n) is 24.1. The molecule has 0 radical (unpaired) electrons. The summed E-state index contributed by atoms with van der Waals surface area (Å²) < 4.78 is 0. The fourth-order valence-electron chi connectivity index (χ4n) is 7.38. The van der Waals surface area contributed by atoms with Crippen molar-refractivity contribution in [3.05, 3.63) is 150 Å². The molecule has 0 aliphatic carbocycles. The summed E-state index contributed by atoms with van der Waals surface area (Å²) >= 11 is 0. The second-order valence-electron chi connectivity index (χ2n) is 12.6. The lowest BCUT2D eigenvalue weighted by molar-refractivity contribution is 0.597. The van der Waals surface area contributed by atoms with Crippen LogP contribution in [-0.4, -0.2) is 0 Å². The maximum atomic E-state index is 2.53. The Balaban J connectivity index is 1.27. The van der Waals surface area contributed by atoms with E-state index in [4.69, 9.17) is 0 Å². The number of rotatable bonds is 2. The van der Waals surface area contributed by atoms with Crippen LogP contribution in [0.1, 0.15) is 49.9 Å². The van der Waals surface area contributed by atoms with E-state index in [9.17, 15) is 0 Å². The Labute approximate surface area is 242 Å². The van der Waals surface area contributed by atoms with Crippen molar-refractivity contribution in [2.75, 3.05) is 4.90 Å². The minimum Gasteiger partial charge on any atom is -0.309 e. The maximum absolute atomic E-state index is 2.53. The van der Waals surface area contributed by atoms with Gasteiger partial charge in [0.2, 0.25) is 0 Å². The molecule has 41 heavy (non-hydrogen) atoms. The second kappa shape index (κ2) is 8.44. The summed E-state index contributed by atoms with van der Waals surface area (Å²) in [5, 5.41) is 2.57.